The molecule has 3 aromatic rings. The minimum atomic E-state index is 0.348. The Balaban J connectivity index is 2.27. The van der Waals surface area contributed by atoms with Gasteiger partial charge in [0.1, 0.15) is 5.69 Å². The number of benzene rings is 2. The summed E-state index contributed by atoms with van der Waals surface area (Å²) in [5.41, 5.74) is 22.2. The molecule has 0 fully saturated rings. The molecule has 0 saturated heterocycles. The fraction of sp³-hybridized carbons (Fsp3) is 0. The molecular weight excluding hydrogens is 264 g/mol. The van der Waals surface area contributed by atoms with Crippen LogP contribution in [0.3, 0.4) is 0 Å². The van der Waals surface area contributed by atoms with Crippen LogP contribution in [0.5, 0.6) is 0 Å². The minimum Gasteiger partial charge on any atom is -0.399 e. The van der Waals surface area contributed by atoms with Gasteiger partial charge in [0.05, 0.1) is 5.56 Å². The standard InChI is InChI=1S/C15H16N6/c16-11-5-1-3-9(7-11)13-14(21(19)20-15(13)18)10-4-2-6-12(17)8-10/h1-8H,16-17,19H2,(H2,18,20). The Morgan fingerprint density at radius 2 is 1.38 bits per heavy atom. The zero-order valence-electron chi connectivity index (χ0n) is 11.3. The normalized spacial score (nSPS) is 10.7. The molecule has 0 saturated carbocycles. The summed E-state index contributed by atoms with van der Waals surface area (Å²) in [6.45, 7) is 0. The third-order valence-corrected chi connectivity index (χ3v) is 3.27. The Hall–Kier alpha value is -3.15. The van der Waals surface area contributed by atoms with Gasteiger partial charge >= 0.3 is 0 Å². The molecule has 0 aliphatic rings. The second-order valence-corrected chi connectivity index (χ2v) is 4.80. The van der Waals surface area contributed by atoms with Crippen molar-refractivity contribution in [2.75, 3.05) is 23.0 Å². The van der Waals surface area contributed by atoms with Crippen LogP contribution in [-0.4, -0.2) is 9.89 Å². The van der Waals surface area contributed by atoms with Crippen LogP contribution in [0, 0.1) is 0 Å². The third kappa shape index (κ3) is 2.23. The van der Waals surface area contributed by atoms with Crippen LogP contribution in [0.4, 0.5) is 17.2 Å². The molecule has 106 valence electrons. The smallest absolute Gasteiger partial charge is 0.156 e. The number of hydrogen-bond donors (Lipinski definition) is 4. The molecule has 8 N–H and O–H groups in total. The highest BCUT2D eigenvalue weighted by Gasteiger charge is 2.18. The van der Waals surface area contributed by atoms with Crippen molar-refractivity contribution in [3.63, 3.8) is 0 Å². The molecule has 0 spiro atoms. The average molecular weight is 280 g/mol. The highest BCUT2D eigenvalue weighted by atomic mass is 15.5. The molecular formula is C15H16N6. The number of nitrogen functional groups attached to an aromatic ring is 4. The molecule has 1 heterocycles. The van der Waals surface area contributed by atoms with Gasteiger partial charge in [-0.05, 0) is 29.8 Å². The molecule has 0 aliphatic carbocycles. The van der Waals surface area contributed by atoms with Gasteiger partial charge in [0.25, 0.3) is 0 Å². The van der Waals surface area contributed by atoms with Gasteiger partial charge in [-0.15, -0.1) is 5.10 Å². The molecule has 2 aromatic carbocycles. The van der Waals surface area contributed by atoms with Gasteiger partial charge < -0.3 is 23.0 Å². The van der Waals surface area contributed by atoms with E-state index in [1.807, 2.05) is 48.5 Å². The first-order chi connectivity index (χ1) is 10.1. The Morgan fingerprint density at radius 3 is 2.00 bits per heavy atom. The lowest BCUT2D eigenvalue weighted by Crippen LogP contribution is -2.12. The zero-order valence-corrected chi connectivity index (χ0v) is 11.3. The Morgan fingerprint density at radius 1 is 0.810 bits per heavy atom. The number of aromatic nitrogens is 2. The van der Waals surface area contributed by atoms with E-state index >= 15 is 0 Å². The van der Waals surface area contributed by atoms with E-state index in [1.54, 1.807) is 0 Å². The summed E-state index contributed by atoms with van der Waals surface area (Å²) >= 11 is 0. The predicted octanol–water partition coefficient (Wildman–Crippen LogP) is 1.68. The minimum absolute atomic E-state index is 0.348. The summed E-state index contributed by atoms with van der Waals surface area (Å²) in [6, 6.07) is 14.8. The van der Waals surface area contributed by atoms with Crippen LogP contribution >= 0.6 is 0 Å². The highest BCUT2D eigenvalue weighted by molar-refractivity contribution is 5.89. The first-order valence-electron chi connectivity index (χ1n) is 6.41. The summed E-state index contributed by atoms with van der Waals surface area (Å²) < 4.78 is 0. The maximum absolute atomic E-state index is 6.02. The van der Waals surface area contributed by atoms with E-state index < -0.39 is 0 Å². The van der Waals surface area contributed by atoms with E-state index in [-0.39, 0.29) is 0 Å². The number of nitrogens with two attached hydrogens (primary N) is 4. The lowest BCUT2D eigenvalue weighted by atomic mass is 10.00. The van der Waals surface area contributed by atoms with Crippen LogP contribution in [0.2, 0.25) is 0 Å². The Kier molecular flexibility index (Phi) is 2.91. The lowest BCUT2D eigenvalue weighted by Gasteiger charge is -2.08. The second kappa shape index (κ2) is 4.75. The molecule has 21 heavy (non-hydrogen) atoms. The molecule has 0 bridgehead atoms. The van der Waals surface area contributed by atoms with Crippen molar-refractivity contribution in [2.24, 2.45) is 0 Å². The van der Waals surface area contributed by atoms with Crippen molar-refractivity contribution >= 4 is 17.2 Å². The summed E-state index contributed by atoms with van der Waals surface area (Å²) in [4.78, 5) is 1.27. The molecule has 0 aliphatic heterocycles. The van der Waals surface area contributed by atoms with Crippen molar-refractivity contribution in [3.8, 4) is 22.4 Å². The van der Waals surface area contributed by atoms with Crippen LogP contribution in [0.1, 0.15) is 0 Å². The van der Waals surface area contributed by atoms with Crippen molar-refractivity contribution in [3.05, 3.63) is 48.5 Å². The molecule has 0 amide bonds. The third-order valence-electron chi connectivity index (χ3n) is 3.27. The molecule has 3 rings (SSSR count). The average Bonchev–Trinajstić information content (AvgIpc) is 2.73. The fourth-order valence-corrected chi connectivity index (χ4v) is 2.39. The van der Waals surface area contributed by atoms with Gasteiger partial charge in [-0.3, -0.25) is 0 Å². The topological polar surface area (TPSA) is 122 Å². The number of hydrogen-bond acceptors (Lipinski definition) is 5. The molecule has 0 atom stereocenters. The lowest BCUT2D eigenvalue weighted by molar-refractivity contribution is 0.845. The van der Waals surface area contributed by atoms with Crippen molar-refractivity contribution in [1.82, 2.24) is 9.89 Å². The maximum atomic E-state index is 6.02. The van der Waals surface area contributed by atoms with Crippen LogP contribution in [0.15, 0.2) is 48.5 Å². The fourth-order valence-electron chi connectivity index (χ4n) is 2.39. The van der Waals surface area contributed by atoms with Gasteiger partial charge in [-0.25, -0.2) is 0 Å². The van der Waals surface area contributed by atoms with Crippen LogP contribution < -0.4 is 23.0 Å². The van der Waals surface area contributed by atoms with E-state index in [4.69, 9.17) is 23.0 Å². The number of nitrogens with zero attached hydrogens (tertiary/aromatic N) is 2. The van der Waals surface area contributed by atoms with Gasteiger partial charge in [0.15, 0.2) is 5.82 Å². The summed E-state index contributed by atoms with van der Waals surface area (Å²) in [5.74, 6) is 6.30. The Bertz CT molecular complexity index is 740. The number of anilines is 3. The van der Waals surface area contributed by atoms with Crippen molar-refractivity contribution in [2.45, 2.75) is 0 Å². The van der Waals surface area contributed by atoms with E-state index in [0.29, 0.717) is 22.9 Å². The van der Waals surface area contributed by atoms with Gasteiger partial charge in [0, 0.05) is 16.9 Å². The van der Waals surface area contributed by atoms with Crippen LogP contribution in [0.25, 0.3) is 22.4 Å². The predicted molar refractivity (Wildman–Crippen MR) is 86.5 cm³/mol. The van der Waals surface area contributed by atoms with E-state index in [2.05, 4.69) is 5.10 Å². The van der Waals surface area contributed by atoms with E-state index in [1.165, 1.54) is 4.79 Å². The maximum Gasteiger partial charge on any atom is 0.156 e. The molecule has 0 radical (unpaired) electrons. The van der Waals surface area contributed by atoms with Gasteiger partial charge in [-0.2, -0.15) is 4.79 Å². The van der Waals surface area contributed by atoms with Gasteiger partial charge in [0.2, 0.25) is 0 Å². The van der Waals surface area contributed by atoms with E-state index in [9.17, 15) is 0 Å². The quantitative estimate of drug-likeness (QED) is 0.420. The van der Waals surface area contributed by atoms with Crippen molar-refractivity contribution < 1.29 is 0 Å². The van der Waals surface area contributed by atoms with Gasteiger partial charge in [-0.1, -0.05) is 24.3 Å². The zero-order chi connectivity index (χ0) is 15.0. The molecule has 0 unspecified atom stereocenters. The molecule has 1 aromatic heterocycles. The molecule has 6 heteroatoms. The van der Waals surface area contributed by atoms with E-state index in [0.717, 1.165) is 16.7 Å². The second-order valence-electron chi connectivity index (χ2n) is 4.80. The summed E-state index contributed by atoms with van der Waals surface area (Å²) in [7, 11) is 0. The van der Waals surface area contributed by atoms with Crippen molar-refractivity contribution in [1.29, 1.82) is 0 Å². The summed E-state index contributed by atoms with van der Waals surface area (Å²) in [5, 5.41) is 4.11. The first kappa shape index (κ1) is 12.9. The SMILES string of the molecule is Nc1cccc(-c2c(N)nn(N)c2-c2cccc(N)c2)c1. The Labute approximate surface area is 121 Å². The first-order valence-corrected chi connectivity index (χ1v) is 6.41. The molecule has 6 nitrogen and oxygen atoms in total. The highest BCUT2D eigenvalue weighted by Crippen LogP contribution is 2.36. The van der Waals surface area contributed by atoms with Crippen LogP contribution in [-0.2, 0) is 0 Å². The largest absolute Gasteiger partial charge is 0.399 e. The number of rotatable bonds is 2. The summed E-state index contributed by atoms with van der Waals surface area (Å²) in [6.07, 6.45) is 0. The monoisotopic (exact) mass is 280 g/mol.